The van der Waals surface area contributed by atoms with Crippen LogP contribution in [0.15, 0.2) is 54.6 Å². The van der Waals surface area contributed by atoms with E-state index in [2.05, 4.69) is 56.6 Å². The Morgan fingerprint density at radius 1 is 1.11 bits per heavy atom. The number of carbonyl (C=O) groups excluding carboxylic acids is 1. The van der Waals surface area contributed by atoms with Crippen molar-refractivity contribution >= 4 is 16.8 Å². The lowest BCUT2D eigenvalue weighted by Crippen LogP contribution is -2.46. The van der Waals surface area contributed by atoms with Gasteiger partial charge in [0, 0.05) is 38.1 Å². The summed E-state index contributed by atoms with van der Waals surface area (Å²) in [5.74, 6) is -0.118. The third kappa shape index (κ3) is 4.18. The van der Waals surface area contributed by atoms with Gasteiger partial charge in [-0.25, -0.2) is 0 Å². The Kier molecular flexibility index (Phi) is 5.18. The van der Waals surface area contributed by atoms with E-state index in [0.29, 0.717) is 5.69 Å². The molecule has 27 heavy (non-hydrogen) atoms. The van der Waals surface area contributed by atoms with Crippen molar-refractivity contribution < 1.29 is 4.79 Å². The molecule has 6 heteroatoms. The first kappa shape index (κ1) is 17.7. The second kappa shape index (κ2) is 7.90. The fourth-order valence-corrected chi connectivity index (χ4v) is 3.71. The van der Waals surface area contributed by atoms with E-state index < -0.39 is 0 Å². The van der Waals surface area contributed by atoms with Crippen molar-refractivity contribution in [3.05, 3.63) is 65.9 Å². The van der Waals surface area contributed by atoms with Gasteiger partial charge in [0.25, 0.3) is 5.91 Å². The fourth-order valence-electron chi connectivity index (χ4n) is 3.71. The lowest BCUT2D eigenvalue weighted by Gasteiger charge is -2.24. The number of amides is 1. The molecule has 3 aromatic rings. The van der Waals surface area contributed by atoms with Crippen molar-refractivity contribution in [1.29, 1.82) is 0 Å². The maximum atomic E-state index is 12.8. The molecule has 1 saturated heterocycles. The van der Waals surface area contributed by atoms with Gasteiger partial charge in [-0.3, -0.25) is 14.8 Å². The van der Waals surface area contributed by atoms with Crippen LogP contribution in [0.2, 0.25) is 0 Å². The molecule has 0 saturated carbocycles. The van der Waals surface area contributed by atoms with E-state index in [-0.39, 0.29) is 11.9 Å². The molecular weight excluding hydrogens is 338 g/mol. The summed E-state index contributed by atoms with van der Waals surface area (Å²) in [6, 6.07) is 18.3. The molecule has 4 rings (SSSR count). The van der Waals surface area contributed by atoms with Crippen LogP contribution in [0.4, 0.5) is 0 Å². The van der Waals surface area contributed by atoms with E-state index >= 15 is 0 Å². The zero-order valence-electron chi connectivity index (χ0n) is 15.6. The van der Waals surface area contributed by atoms with Crippen molar-refractivity contribution in [3.63, 3.8) is 0 Å². The first-order chi connectivity index (χ1) is 13.2. The van der Waals surface area contributed by atoms with Gasteiger partial charge in [0.2, 0.25) is 0 Å². The lowest BCUT2D eigenvalue weighted by atomic mass is 10.1. The molecule has 6 nitrogen and oxygen atoms in total. The van der Waals surface area contributed by atoms with Crippen LogP contribution in [0, 0.1) is 0 Å². The second-order valence-electron chi connectivity index (χ2n) is 7.27. The highest BCUT2D eigenvalue weighted by atomic mass is 16.2. The fraction of sp³-hybridized carbons (Fsp3) is 0.333. The van der Waals surface area contributed by atoms with Crippen LogP contribution in [0.5, 0.6) is 0 Å². The Bertz CT molecular complexity index is 907. The monoisotopic (exact) mass is 363 g/mol. The Labute approximate surface area is 159 Å². The highest BCUT2D eigenvalue weighted by Crippen LogP contribution is 2.15. The molecule has 140 valence electrons. The molecule has 1 unspecified atom stereocenters. The number of hydrogen-bond donors (Lipinski definition) is 2. The van der Waals surface area contributed by atoms with Gasteiger partial charge < -0.3 is 10.2 Å². The summed E-state index contributed by atoms with van der Waals surface area (Å²) in [5.41, 5.74) is 2.64. The molecule has 1 aromatic heterocycles. The van der Waals surface area contributed by atoms with Gasteiger partial charge in [-0.1, -0.05) is 48.5 Å². The van der Waals surface area contributed by atoms with Gasteiger partial charge in [-0.15, -0.1) is 0 Å². The Balaban J connectivity index is 1.47. The number of nitrogens with zero attached hydrogens (tertiary/aromatic N) is 3. The SMILES string of the molecule is CN1CCN(Cc2ccccc2)CC(NC(=O)c2n[nH]c3ccccc23)C1. The van der Waals surface area contributed by atoms with Crippen LogP contribution in [-0.4, -0.2) is 65.2 Å². The predicted octanol–water partition coefficient (Wildman–Crippen LogP) is 2.11. The highest BCUT2D eigenvalue weighted by Gasteiger charge is 2.24. The normalized spacial score (nSPS) is 19.1. The number of hydrogen-bond acceptors (Lipinski definition) is 4. The summed E-state index contributed by atoms with van der Waals surface area (Å²) in [5, 5.41) is 11.2. The lowest BCUT2D eigenvalue weighted by molar-refractivity contribution is 0.0920. The van der Waals surface area contributed by atoms with Crippen LogP contribution in [-0.2, 0) is 6.54 Å². The Hall–Kier alpha value is -2.70. The number of carbonyl (C=O) groups is 1. The molecule has 1 fully saturated rings. The van der Waals surface area contributed by atoms with E-state index in [0.717, 1.165) is 43.6 Å². The number of likely N-dealkylation sites (N-methyl/N-ethyl adjacent to an activating group) is 1. The largest absolute Gasteiger partial charge is 0.345 e. The topological polar surface area (TPSA) is 64.3 Å². The van der Waals surface area contributed by atoms with Crippen LogP contribution in [0.25, 0.3) is 10.9 Å². The van der Waals surface area contributed by atoms with Crippen LogP contribution >= 0.6 is 0 Å². The van der Waals surface area contributed by atoms with E-state index in [1.165, 1.54) is 5.56 Å². The molecule has 0 radical (unpaired) electrons. The maximum Gasteiger partial charge on any atom is 0.272 e. The molecule has 0 aliphatic carbocycles. The molecule has 1 amide bonds. The van der Waals surface area contributed by atoms with Crippen LogP contribution in [0.3, 0.4) is 0 Å². The van der Waals surface area contributed by atoms with Gasteiger partial charge in [0.1, 0.15) is 0 Å². The summed E-state index contributed by atoms with van der Waals surface area (Å²) in [6.45, 7) is 4.53. The Morgan fingerprint density at radius 3 is 2.74 bits per heavy atom. The molecule has 1 aliphatic heterocycles. The van der Waals surface area contributed by atoms with Crippen molar-refractivity contribution in [3.8, 4) is 0 Å². The first-order valence-corrected chi connectivity index (χ1v) is 9.38. The quantitative estimate of drug-likeness (QED) is 0.745. The van der Waals surface area contributed by atoms with E-state index in [9.17, 15) is 4.79 Å². The molecule has 2 heterocycles. The predicted molar refractivity (Wildman–Crippen MR) is 107 cm³/mol. The van der Waals surface area contributed by atoms with Gasteiger partial charge in [-0.05, 0) is 18.7 Å². The smallest absolute Gasteiger partial charge is 0.272 e. The van der Waals surface area contributed by atoms with Gasteiger partial charge in [0.05, 0.1) is 11.6 Å². The van der Waals surface area contributed by atoms with E-state index in [1.807, 2.05) is 30.3 Å². The molecule has 0 spiro atoms. The average molecular weight is 363 g/mol. The summed E-state index contributed by atoms with van der Waals surface area (Å²) in [6.07, 6.45) is 0. The van der Waals surface area contributed by atoms with Crippen molar-refractivity contribution in [2.24, 2.45) is 0 Å². The second-order valence-corrected chi connectivity index (χ2v) is 7.27. The third-order valence-corrected chi connectivity index (χ3v) is 5.08. The van der Waals surface area contributed by atoms with E-state index in [1.54, 1.807) is 0 Å². The number of fused-ring (bicyclic) bond motifs is 1. The van der Waals surface area contributed by atoms with Gasteiger partial charge in [0.15, 0.2) is 5.69 Å². The zero-order chi connectivity index (χ0) is 18.6. The van der Waals surface area contributed by atoms with Crippen LogP contribution in [0.1, 0.15) is 16.1 Å². The maximum absolute atomic E-state index is 12.8. The molecular formula is C21H25N5O. The van der Waals surface area contributed by atoms with Crippen LogP contribution < -0.4 is 5.32 Å². The summed E-state index contributed by atoms with van der Waals surface area (Å²) < 4.78 is 0. The number of rotatable bonds is 4. The Morgan fingerprint density at radius 2 is 1.89 bits per heavy atom. The molecule has 1 aliphatic rings. The summed E-state index contributed by atoms with van der Waals surface area (Å²) >= 11 is 0. The number of benzene rings is 2. The zero-order valence-corrected chi connectivity index (χ0v) is 15.6. The summed E-state index contributed by atoms with van der Waals surface area (Å²) in [7, 11) is 2.11. The molecule has 2 N–H and O–H groups in total. The van der Waals surface area contributed by atoms with Crippen molar-refractivity contribution in [2.75, 3.05) is 33.2 Å². The third-order valence-electron chi connectivity index (χ3n) is 5.08. The molecule has 0 bridgehead atoms. The number of para-hydroxylation sites is 1. The van der Waals surface area contributed by atoms with Crippen molar-refractivity contribution in [2.45, 2.75) is 12.6 Å². The first-order valence-electron chi connectivity index (χ1n) is 9.38. The summed E-state index contributed by atoms with van der Waals surface area (Å²) in [4.78, 5) is 17.5. The number of aromatic nitrogens is 2. The molecule has 2 aromatic carbocycles. The van der Waals surface area contributed by atoms with Gasteiger partial charge in [-0.2, -0.15) is 5.10 Å². The molecule has 1 atom stereocenters. The highest BCUT2D eigenvalue weighted by molar-refractivity contribution is 6.04. The number of aromatic amines is 1. The standard InChI is InChI=1S/C21H25N5O/c1-25-11-12-26(13-16-7-3-2-4-8-16)15-17(14-25)22-21(27)20-18-9-5-6-10-19(18)23-24-20/h2-10,17H,11-15H2,1H3,(H,22,27)(H,23,24). The van der Waals surface area contributed by atoms with Gasteiger partial charge >= 0.3 is 0 Å². The number of nitrogens with one attached hydrogen (secondary N) is 2. The minimum Gasteiger partial charge on any atom is -0.345 e. The average Bonchev–Trinajstić information content (AvgIpc) is 3.03. The van der Waals surface area contributed by atoms with Crippen molar-refractivity contribution in [1.82, 2.24) is 25.3 Å². The number of H-pyrrole nitrogens is 1. The van der Waals surface area contributed by atoms with E-state index in [4.69, 9.17) is 0 Å². The minimum atomic E-state index is -0.118. The minimum absolute atomic E-state index is 0.0594.